The van der Waals surface area contributed by atoms with Crippen LogP contribution in [0.3, 0.4) is 0 Å². The largest absolute Gasteiger partial charge is 0.414 e. The highest BCUT2D eigenvalue weighted by Gasteiger charge is 2.45. The van der Waals surface area contributed by atoms with E-state index in [1.807, 2.05) is 13.8 Å². The summed E-state index contributed by atoms with van der Waals surface area (Å²) in [6.45, 7) is 5.90. The fourth-order valence-electron chi connectivity index (χ4n) is 3.35. The highest BCUT2D eigenvalue weighted by molar-refractivity contribution is 7.89. The third-order valence-corrected chi connectivity index (χ3v) is 5.78. The minimum atomic E-state index is -4.31. The predicted octanol–water partition coefficient (Wildman–Crippen LogP) is 3.10. The molecule has 0 radical (unpaired) electrons. The number of primary sulfonamides is 1. The molecule has 1 saturated heterocycles. The van der Waals surface area contributed by atoms with Gasteiger partial charge in [-0.05, 0) is 69.3 Å². The molecular formula is C17H25F3N2O3S. The molecule has 2 rings (SSSR count). The van der Waals surface area contributed by atoms with Crippen molar-refractivity contribution in [3.63, 3.8) is 0 Å². The van der Waals surface area contributed by atoms with Crippen molar-refractivity contribution in [2.75, 3.05) is 6.54 Å². The molecular weight excluding hydrogens is 369 g/mol. The molecule has 1 fully saturated rings. The standard InChI is InChI=1S/C17H25F3N2O3S/c1-10-8-11(2)15(26(21,23)24)9-14(10)12(3)22-7-6-13-4-5-16(25-13)17(18,19)20/h8-9,12-13,16,22H,4-7H2,1-3H3,(H2,21,23,24). The second kappa shape index (κ2) is 7.84. The van der Waals surface area contributed by atoms with Gasteiger partial charge in [-0.2, -0.15) is 13.2 Å². The molecule has 148 valence electrons. The van der Waals surface area contributed by atoms with E-state index in [1.165, 1.54) is 0 Å². The van der Waals surface area contributed by atoms with Gasteiger partial charge in [-0.1, -0.05) is 6.07 Å². The zero-order valence-corrected chi connectivity index (χ0v) is 15.9. The summed E-state index contributed by atoms with van der Waals surface area (Å²) < 4.78 is 66.3. The van der Waals surface area contributed by atoms with Crippen molar-refractivity contribution in [2.24, 2.45) is 5.14 Å². The van der Waals surface area contributed by atoms with E-state index >= 15 is 0 Å². The molecule has 1 aromatic rings. The summed E-state index contributed by atoms with van der Waals surface area (Å²) >= 11 is 0. The number of rotatable bonds is 6. The number of benzene rings is 1. The van der Waals surface area contributed by atoms with Gasteiger partial charge in [0.15, 0.2) is 6.10 Å². The van der Waals surface area contributed by atoms with Gasteiger partial charge in [0.25, 0.3) is 0 Å². The van der Waals surface area contributed by atoms with Gasteiger partial charge in [-0.15, -0.1) is 0 Å². The van der Waals surface area contributed by atoms with Gasteiger partial charge in [0.05, 0.1) is 11.0 Å². The lowest BCUT2D eigenvalue weighted by molar-refractivity contribution is -0.215. The smallest absolute Gasteiger partial charge is 0.366 e. The van der Waals surface area contributed by atoms with Crippen molar-refractivity contribution < 1.29 is 26.3 Å². The Balaban J connectivity index is 1.96. The zero-order chi connectivity index (χ0) is 19.7. The molecule has 0 aliphatic carbocycles. The summed E-state index contributed by atoms with van der Waals surface area (Å²) in [7, 11) is -3.81. The first-order valence-electron chi connectivity index (χ1n) is 8.49. The number of aryl methyl sites for hydroxylation is 2. The van der Waals surface area contributed by atoms with Crippen LogP contribution >= 0.6 is 0 Å². The van der Waals surface area contributed by atoms with Crippen molar-refractivity contribution in [1.82, 2.24) is 5.32 Å². The number of hydrogen-bond acceptors (Lipinski definition) is 4. The van der Waals surface area contributed by atoms with E-state index in [2.05, 4.69) is 5.32 Å². The third-order valence-electron chi connectivity index (χ3n) is 4.73. The molecule has 0 bridgehead atoms. The second-order valence-corrected chi connectivity index (χ2v) is 8.38. The molecule has 1 aromatic carbocycles. The van der Waals surface area contributed by atoms with Gasteiger partial charge in [-0.3, -0.25) is 0 Å². The second-order valence-electron chi connectivity index (χ2n) is 6.85. The Labute approximate surface area is 152 Å². The third kappa shape index (κ3) is 5.18. The zero-order valence-electron chi connectivity index (χ0n) is 15.1. The number of nitrogens with one attached hydrogen (secondary N) is 1. The van der Waals surface area contributed by atoms with Gasteiger partial charge in [0.2, 0.25) is 10.0 Å². The lowest BCUT2D eigenvalue weighted by Gasteiger charge is -2.20. The lowest BCUT2D eigenvalue weighted by atomic mass is 10.00. The molecule has 0 amide bonds. The van der Waals surface area contributed by atoms with Crippen molar-refractivity contribution in [3.05, 3.63) is 28.8 Å². The number of alkyl halides is 3. The average molecular weight is 394 g/mol. The first-order chi connectivity index (χ1) is 11.9. The minimum absolute atomic E-state index is 0.00148. The number of ether oxygens (including phenoxy) is 1. The Morgan fingerprint density at radius 3 is 2.46 bits per heavy atom. The molecule has 1 aliphatic heterocycles. The highest BCUT2D eigenvalue weighted by Crippen LogP contribution is 2.34. The Bertz CT molecular complexity index is 750. The van der Waals surface area contributed by atoms with Crippen LogP contribution in [-0.4, -0.2) is 33.3 Å². The maximum absolute atomic E-state index is 12.6. The molecule has 1 heterocycles. The topological polar surface area (TPSA) is 81.4 Å². The van der Waals surface area contributed by atoms with Crippen molar-refractivity contribution in [2.45, 2.75) is 69.4 Å². The van der Waals surface area contributed by atoms with E-state index in [1.54, 1.807) is 19.1 Å². The summed E-state index contributed by atoms with van der Waals surface area (Å²) in [6, 6.07) is 3.15. The van der Waals surface area contributed by atoms with Crippen molar-refractivity contribution >= 4 is 10.0 Å². The summed E-state index contributed by atoms with van der Waals surface area (Å²) in [5.74, 6) is 0. The van der Waals surface area contributed by atoms with E-state index in [4.69, 9.17) is 9.88 Å². The van der Waals surface area contributed by atoms with Gasteiger partial charge in [-0.25, -0.2) is 13.6 Å². The average Bonchev–Trinajstić information content (AvgIpc) is 2.94. The number of hydrogen-bond donors (Lipinski definition) is 2. The van der Waals surface area contributed by atoms with Crippen LogP contribution in [0.15, 0.2) is 17.0 Å². The molecule has 1 aliphatic rings. The molecule has 26 heavy (non-hydrogen) atoms. The van der Waals surface area contributed by atoms with Crippen LogP contribution in [0, 0.1) is 13.8 Å². The highest BCUT2D eigenvalue weighted by atomic mass is 32.2. The minimum Gasteiger partial charge on any atom is -0.366 e. The normalized spacial score (nSPS) is 22.6. The van der Waals surface area contributed by atoms with Crippen LogP contribution < -0.4 is 10.5 Å². The van der Waals surface area contributed by atoms with Crippen LogP contribution in [0.2, 0.25) is 0 Å². The van der Waals surface area contributed by atoms with Gasteiger partial charge in [0.1, 0.15) is 0 Å². The van der Waals surface area contributed by atoms with E-state index in [0.29, 0.717) is 24.9 Å². The monoisotopic (exact) mass is 394 g/mol. The SMILES string of the molecule is Cc1cc(C)c(S(N)(=O)=O)cc1C(C)NCCC1CCC(C(F)(F)F)O1. The first kappa shape index (κ1) is 21.1. The van der Waals surface area contributed by atoms with Gasteiger partial charge < -0.3 is 10.1 Å². The molecule has 5 nitrogen and oxygen atoms in total. The van der Waals surface area contributed by atoms with E-state index in [0.717, 1.165) is 11.1 Å². The molecule has 3 unspecified atom stereocenters. The summed E-state index contributed by atoms with van der Waals surface area (Å²) in [5.41, 5.74) is 2.29. The summed E-state index contributed by atoms with van der Waals surface area (Å²) in [5, 5.41) is 8.47. The van der Waals surface area contributed by atoms with Crippen molar-refractivity contribution in [1.29, 1.82) is 0 Å². The lowest BCUT2D eigenvalue weighted by Crippen LogP contribution is -2.30. The molecule has 3 atom stereocenters. The Morgan fingerprint density at radius 2 is 1.92 bits per heavy atom. The maximum atomic E-state index is 12.6. The number of halogens is 3. The molecule has 9 heteroatoms. The van der Waals surface area contributed by atoms with Crippen LogP contribution in [0.5, 0.6) is 0 Å². The fraction of sp³-hybridized carbons (Fsp3) is 0.647. The molecule has 0 saturated carbocycles. The number of nitrogens with two attached hydrogens (primary N) is 1. The Kier molecular flexibility index (Phi) is 6.37. The predicted molar refractivity (Wildman–Crippen MR) is 92.3 cm³/mol. The van der Waals surface area contributed by atoms with E-state index in [-0.39, 0.29) is 17.4 Å². The molecule has 0 spiro atoms. The fourth-order valence-corrected chi connectivity index (χ4v) is 4.15. The maximum Gasteiger partial charge on any atom is 0.414 e. The first-order valence-corrected chi connectivity index (χ1v) is 10.0. The Hall–Kier alpha value is -1.16. The van der Waals surface area contributed by atoms with E-state index in [9.17, 15) is 21.6 Å². The number of sulfonamides is 1. The summed E-state index contributed by atoms with van der Waals surface area (Å²) in [4.78, 5) is 0.0823. The van der Waals surface area contributed by atoms with Crippen LogP contribution in [0.25, 0.3) is 0 Å². The van der Waals surface area contributed by atoms with Crippen LogP contribution in [0.4, 0.5) is 13.2 Å². The van der Waals surface area contributed by atoms with Gasteiger partial charge >= 0.3 is 6.18 Å². The van der Waals surface area contributed by atoms with Crippen LogP contribution in [-0.2, 0) is 14.8 Å². The Morgan fingerprint density at radius 1 is 1.27 bits per heavy atom. The van der Waals surface area contributed by atoms with Gasteiger partial charge in [0, 0.05) is 6.04 Å². The van der Waals surface area contributed by atoms with E-state index < -0.39 is 28.4 Å². The van der Waals surface area contributed by atoms with Crippen molar-refractivity contribution in [3.8, 4) is 0 Å². The summed E-state index contributed by atoms with van der Waals surface area (Å²) in [6.07, 6.45) is -5.54. The van der Waals surface area contributed by atoms with Crippen LogP contribution in [0.1, 0.15) is 48.9 Å². The quantitative estimate of drug-likeness (QED) is 0.777. The molecule has 0 aromatic heterocycles. The molecule has 3 N–H and O–H groups in total.